The smallest absolute Gasteiger partial charge is 0.123 e. The first kappa shape index (κ1) is 16.2. The van der Waals surface area contributed by atoms with Crippen molar-refractivity contribution in [2.45, 2.75) is 32.4 Å². The summed E-state index contributed by atoms with van der Waals surface area (Å²) in [6.07, 6.45) is 2.11. The summed E-state index contributed by atoms with van der Waals surface area (Å²) in [6.45, 7) is 5.89. The van der Waals surface area contributed by atoms with Gasteiger partial charge in [0.2, 0.25) is 0 Å². The number of ether oxygens (including phenoxy) is 1. The predicted molar refractivity (Wildman–Crippen MR) is 82.1 cm³/mol. The monoisotopic (exact) mass is 296 g/mol. The highest BCUT2D eigenvalue weighted by Crippen LogP contribution is 2.26. The van der Waals surface area contributed by atoms with E-state index in [1.165, 1.54) is 6.07 Å². The molecule has 0 atom stereocenters. The normalized spacial score (nSPS) is 16.4. The average Bonchev–Trinajstić information content (AvgIpc) is 2.51. The molecule has 1 aromatic rings. The van der Waals surface area contributed by atoms with Gasteiger partial charge in [-0.15, -0.1) is 0 Å². The second-order valence-electron chi connectivity index (χ2n) is 5.33. The van der Waals surface area contributed by atoms with Gasteiger partial charge in [-0.1, -0.05) is 6.92 Å². The van der Waals surface area contributed by atoms with E-state index in [1.54, 1.807) is 6.07 Å². The third-order valence-corrected chi connectivity index (χ3v) is 3.83. The van der Waals surface area contributed by atoms with Gasteiger partial charge in [-0.3, -0.25) is 0 Å². The molecule has 5 heteroatoms. The Bertz CT molecular complexity index is 434. The lowest BCUT2D eigenvalue weighted by Gasteiger charge is -2.34. The zero-order chi connectivity index (χ0) is 15.1. The van der Waals surface area contributed by atoms with E-state index in [1.807, 2.05) is 13.0 Å². The first-order chi connectivity index (χ1) is 10.2. The van der Waals surface area contributed by atoms with Crippen molar-refractivity contribution in [3.63, 3.8) is 0 Å². The molecule has 21 heavy (non-hydrogen) atoms. The number of anilines is 1. The van der Waals surface area contributed by atoms with Gasteiger partial charge in [-0.05, 0) is 43.1 Å². The summed E-state index contributed by atoms with van der Waals surface area (Å²) >= 11 is 0. The Morgan fingerprint density at radius 3 is 2.81 bits per heavy atom. The van der Waals surface area contributed by atoms with Crippen LogP contribution in [0.15, 0.2) is 18.2 Å². The minimum Gasteiger partial charge on any atom is -0.394 e. The molecule has 1 heterocycles. The number of hydrogen-bond acceptors (Lipinski definition) is 4. The molecular formula is C16H25FN2O2. The van der Waals surface area contributed by atoms with Crippen LogP contribution in [-0.2, 0) is 11.3 Å². The van der Waals surface area contributed by atoms with Gasteiger partial charge >= 0.3 is 0 Å². The molecule has 1 fully saturated rings. The number of aliphatic hydroxyl groups excluding tert-OH is 1. The van der Waals surface area contributed by atoms with Gasteiger partial charge < -0.3 is 20.1 Å². The quantitative estimate of drug-likeness (QED) is 0.807. The lowest BCUT2D eigenvalue weighted by atomic mass is 10.0. The minimum absolute atomic E-state index is 0.0744. The molecule has 118 valence electrons. The molecule has 0 aromatic heterocycles. The van der Waals surface area contributed by atoms with Gasteiger partial charge in [0.05, 0.1) is 19.3 Å². The lowest BCUT2D eigenvalue weighted by Crippen LogP contribution is -2.38. The summed E-state index contributed by atoms with van der Waals surface area (Å²) in [5.41, 5.74) is 2.12. The van der Waals surface area contributed by atoms with Gasteiger partial charge in [-0.25, -0.2) is 4.39 Å². The zero-order valence-electron chi connectivity index (χ0n) is 12.6. The minimum atomic E-state index is -0.187. The highest BCUT2D eigenvalue weighted by Gasteiger charge is 2.21. The molecule has 1 aliphatic heterocycles. The van der Waals surface area contributed by atoms with Crippen molar-refractivity contribution in [1.82, 2.24) is 5.32 Å². The van der Waals surface area contributed by atoms with E-state index in [-0.39, 0.29) is 18.5 Å². The van der Waals surface area contributed by atoms with Gasteiger partial charge in [0, 0.05) is 25.3 Å². The van der Waals surface area contributed by atoms with Crippen molar-refractivity contribution in [1.29, 1.82) is 0 Å². The molecule has 1 aliphatic rings. The van der Waals surface area contributed by atoms with Crippen LogP contribution in [0.1, 0.15) is 25.3 Å². The van der Waals surface area contributed by atoms with Gasteiger partial charge in [0.25, 0.3) is 0 Å². The number of aliphatic hydroxyl groups is 1. The van der Waals surface area contributed by atoms with Crippen LogP contribution in [0.2, 0.25) is 0 Å². The third-order valence-electron chi connectivity index (χ3n) is 3.83. The van der Waals surface area contributed by atoms with E-state index in [4.69, 9.17) is 9.84 Å². The first-order valence-electron chi connectivity index (χ1n) is 7.71. The summed E-state index contributed by atoms with van der Waals surface area (Å²) in [6, 6.07) is 5.02. The maximum atomic E-state index is 13.5. The summed E-state index contributed by atoms with van der Waals surface area (Å²) in [4.78, 5) is 2.30. The molecule has 0 saturated carbocycles. The van der Waals surface area contributed by atoms with E-state index in [9.17, 15) is 4.39 Å². The van der Waals surface area contributed by atoms with E-state index < -0.39 is 0 Å². The number of piperidine rings is 1. The number of hydrogen-bond donors (Lipinski definition) is 2. The van der Waals surface area contributed by atoms with Crippen LogP contribution in [0.25, 0.3) is 0 Å². The van der Waals surface area contributed by atoms with Crippen LogP contribution in [-0.4, -0.2) is 44.1 Å². The number of rotatable bonds is 7. The number of halogens is 1. The molecule has 1 saturated heterocycles. The SMILES string of the molecule is CCNCc1cc(F)ccc1N1CCC(OCCO)CC1. The topological polar surface area (TPSA) is 44.7 Å². The molecular weight excluding hydrogens is 271 g/mol. The van der Waals surface area contributed by atoms with E-state index in [0.29, 0.717) is 13.2 Å². The van der Waals surface area contributed by atoms with Crippen molar-refractivity contribution >= 4 is 5.69 Å². The Balaban J connectivity index is 1.98. The maximum absolute atomic E-state index is 13.5. The Labute approximate surface area is 125 Å². The van der Waals surface area contributed by atoms with Crippen molar-refractivity contribution in [2.75, 3.05) is 37.7 Å². The third kappa shape index (κ3) is 4.66. The highest BCUT2D eigenvalue weighted by atomic mass is 19.1. The van der Waals surface area contributed by atoms with Crippen LogP contribution in [0.3, 0.4) is 0 Å². The molecule has 0 aliphatic carbocycles. The van der Waals surface area contributed by atoms with Crippen molar-refractivity contribution in [3.8, 4) is 0 Å². The number of nitrogens with zero attached hydrogens (tertiary/aromatic N) is 1. The van der Waals surface area contributed by atoms with Crippen molar-refractivity contribution in [3.05, 3.63) is 29.6 Å². The summed E-state index contributed by atoms with van der Waals surface area (Å²) in [5, 5.41) is 12.1. The van der Waals surface area contributed by atoms with E-state index in [2.05, 4.69) is 10.2 Å². The van der Waals surface area contributed by atoms with Gasteiger partial charge in [0.15, 0.2) is 0 Å². The number of benzene rings is 1. The van der Waals surface area contributed by atoms with Crippen molar-refractivity contribution < 1.29 is 14.2 Å². The molecule has 2 N–H and O–H groups in total. The van der Waals surface area contributed by atoms with Crippen LogP contribution in [0.5, 0.6) is 0 Å². The Kier molecular flexibility index (Phi) is 6.42. The first-order valence-corrected chi connectivity index (χ1v) is 7.71. The zero-order valence-corrected chi connectivity index (χ0v) is 12.6. The summed E-state index contributed by atoms with van der Waals surface area (Å²) in [5.74, 6) is -0.187. The standard InChI is InChI=1S/C16H25FN2O2/c1-2-18-12-13-11-14(17)3-4-16(13)19-7-5-15(6-8-19)21-10-9-20/h3-4,11,15,18,20H,2,5-10,12H2,1H3. The Morgan fingerprint density at radius 1 is 1.38 bits per heavy atom. The lowest BCUT2D eigenvalue weighted by molar-refractivity contribution is 0.0159. The molecule has 4 nitrogen and oxygen atoms in total. The fourth-order valence-corrected chi connectivity index (χ4v) is 2.75. The highest BCUT2D eigenvalue weighted by molar-refractivity contribution is 5.54. The molecule has 0 amide bonds. The molecule has 2 rings (SSSR count). The van der Waals surface area contributed by atoms with Crippen LogP contribution < -0.4 is 10.2 Å². The van der Waals surface area contributed by atoms with Crippen LogP contribution >= 0.6 is 0 Å². The second kappa shape index (κ2) is 8.32. The fraction of sp³-hybridized carbons (Fsp3) is 0.625. The molecule has 0 bridgehead atoms. The van der Waals surface area contributed by atoms with E-state index >= 15 is 0 Å². The van der Waals surface area contributed by atoms with Crippen LogP contribution in [0.4, 0.5) is 10.1 Å². The Hall–Kier alpha value is -1.17. The maximum Gasteiger partial charge on any atom is 0.123 e. The Morgan fingerprint density at radius 2 is 2.14 bits per heavy atom. The molecule has 1 aromatic carbocycles. The fourth-order valence-electron chi connectivity index (χ4n) is 2.75. The van der Waals surface area contributed by atoms with E-state index in [0.717, 1.165) is 43.7 Å². The second-order valence-corrected chi connectivity index (χ2v) is 5.33. The molecule has 0 unspecified atom stereocenters. The van der Waals surface area contributed by atoms with Gasteiger partial charge in [0.1, 0.15) is 5.82 Å². The molecule has 0 radical (unpaired) electrons. The predicted octanol–water partition coefficient (Wildman–Crippen LogP) is 1.91. The average molecular weight is 296 g/mol. The van der Waals surface area contributed by atoms with Crippen LogP contribution in [0, 0.1) is 5.82 Å². The summed E-state index contributed by atoms with van der Waals surface area (Å²) < 4.78 is 19.0. The van der Waals surface area contributed by atoms with Crippen molar-refractivity contribution in [2.24, 2.45) is 0 Å². The summed E-state index contributed by atoms with van der Waals surface area (Å²) in [7, 11) is 0. The largest absolute Gasteiger partial charge is 0.394 e. The number of nitrogens with one attached hydrogen (secondary N) is 1. The molecule has 0 spiro atoms. The van der Waals surface area contributed by atoms with Gasteiger partial charge in [-0.2, -0.15) is 0 Å².